The second kappa shape index (κ2) is 4.20. The van der Waals surface area contributed by atoms with E-state index in [0.717, 1.165) is 21.6 Å². The van der Waals surface area contributed by atoms with Gasteiger partial charge in [-0.25, -0.2) is 0 Å². The van der Waals surface area contributed by atoms with Crippen LogP contribution < -0.4 is 0 Å². The summed E-state index contributed by atoms with van der Waals surface area (Å²) in [7, 11) is 0. The minimum atomic E-state index is 0.411. The minimum Gasteiger partial charge on any atom is -0.460 e. The highest BCUT2D eigenvalue weighted by Gasteiger charge is 2.03. The Morgan fingerprint density at radius 2 is 2.07 bits per heavy atom. The fourth-order valence-electron chi connectivity index (χ4n) is 1.25. The second-order valence-electron chi connectivity index (χ2n) is 2.91. The van der Waals surface area contributed by atoms with E-state index in [-0.39, 0.29) is 0 Å². The van der Waals surface area contributed by atoms with Crippen molar-refractivity contribution >= 4 is 27.5 Å². The van der Waals surface area contributed by atoms with E-state index in [9.17, 15) is 0 Å². The number of furan rings is 1. The van der Waals surface area contributed by atoms with Crippen LogP contribution in [-0.4, -0.2) is 0 Å². The number of benzene rings is 1. The molecule has 0 saturated heterocycles. The van der Waals surface area contributed by atoms with Gasteiger partial charge in [-0.1, -0.05) is 28.1 Å². The van der Waals surface area contributed by atoms with E-state index in [0.29, 0.717) is 5.88 Å². The van der Waals surface area contributed by atoms with Crippen molar-refractivity contribution in [1.82, 2.24) is 0 Å². The number of halogens is 2. The molecule has 1 aromatic heterocycles. The molecule has 3 heteroatoms. The molecule has 0 N–H and O–H groups in total. The Labute approximate surface area is 95.8 Å². The van der Waals surface area contributed by atoms with E-state index in [1.54, 1.807) is 0 Å². The average Bonchev–Trinajstić information content (AvgIpc) is 2.66. The van der Waals surface area contributed by atoms with Gasteiger partial charge in [0.2, 0.25) is 0 Å². The van der Waals surface area contributed by atoms with Crippen LogP contribution in [0.2, 0.25) is 0 Å². The van der Waals surface area contributed by atoms with E-state index >= 15 is 0 Å². The average molecular weight is 272 g/mol. The zero-order valence-electron chi connectivity index (χ0n) is 7.34. The summed E-state index contributed by atoms with van der Waals surface area (Å²) in [6.07, 6.45) is 0. The molecule has 0 amide bonds. The van der Waals surface area contributed by atoms with Crippen LogP contribution in [-0.2, 0) is 5.88 Å². The highest BCUT2D eigenvalue weighted by atomic mass is 79.9. The Balaban J connectivity index is 2.39. The lowest BCUT2D eigenvalue weighted by Crippen LogP contribution is -1.73. The monoisotopic (exact) mass is 270 g/mol. The molecule has 0 radical (unpaired) electrons. The van der Waals surface area contributed by atoms with Crippen molar-refractivity contribution in [3.63, 3.8) is 0 Å². The fraction of sp³-hybridized carbons (Fsp3) is 0.0909. The fourth-order valence-corrected chi connectivity index (χ4v) is 1.79. The van der Waals surface area contributed by atoms with E-state index in [2.05, 4.69) is 15.9 Å². The zero-order chi connectivity index (χ0) is 9.97. The lowest BCUT2D eigenvalue weighted by Gasteiger charge is -1.97. The Morgan fingerprint density at radius 3 is 2.71 bits per heavy atom. The van der Waals surface area contributed by atoms with Crippen molar-refractivity contribution in [2.75, 3.05) is 0 Å². The molecular weight excluding hydrogens is 263 g/mol. The quantitative estimate of drug-likeness (QED) is 0.736. The van der Waals surface area contributed by atoms with Gasteiger partial charge in [-0.2, -0.15) is 0 Å². The number of hydrogen-bond donors (Lipinski definition) is 0. The molecule has 0 atom stereocenters. The smallest absolute Gasteiger partial charge is 0.134 e. The maximum Gasteiger partial charge on any atom is 0.134 e. The normalized spacial score (nSPS) is 10.4. The molecular formula is C11H8BrClO. The molecule has 2 aromatic rings. The summed E-state index contributed by atoms with van der Waals surface area (Å²) in [5.74, 6) is 2.05. The molecule has 1 aromatic carbocycles. The largest absolute Gasteiger partial charge is 0.460 e. The molecule has 0 unspecified atom stereocenters. The van der Waals surface area contributed by atoms with Gasteiger partial charge >= 0.3 is 0 Å². The molecule has 0 bridgehead atoms. The summed E-state index contributed by atoms with van der Waals surface area (Å²) in [6.45, 7) is 0. The van der Waals surface area contributed by atoms with Crippen LogP contribution in [0.1, 0.15) is 5.76 Å². The van der Waals surface area contributed by atoms with Gasteiger partial charge in [-0.05, 0) is 24.3 Å². The molecule has 0 aliphatic carbocycles. The van der Waals surface area contributed by atoms with Gasteiger partial charge in [0.15, 0.2) is 0 Å². The predicted molar refractivity (Wildman–Crippen MR) is 61.4 cm³/mol. The second-order valence-corrected chi connectivity index (χ2v) is 4.09. The lowest BCUT2D eigenvalue weighted by atomic mass is 10.2. The van der Waals surface area contributed by atoms with Crippen molar-refractivity contribution in [2.24, 2.45) is 0 Å². The van der Waals surface area contributed by atoms with Crippen molar-refractivity contribution < 1.29 is 4.42 Å². The Morgan fingerprint density at radius 1 is 1.21 bits per heavy atom. The van der Waals surface area contributed by atoms with Crippen LogP contribution in [0.25, 0.3) is 11.3 Å². The van der Waals surface area contributed by atoms with E-state index < -0.39 is 0 Å². The molecule has 1 nitrogen and oxygen atoms in total. The number of alkyl halides is 1. The predicted octanol–water partition coefficient (Wildman–Crippen LogP) is 4.45. The molecule has 0 aliphatic rings. The van der Waals surface area contributed by atoms with E-state index in [1.165, 1.54) is 0 Å². The maximum atomic E-state index is 5.66. The first-order valence-electron chi connectivity index (χ1n) is 4.20. The topological polar surface area (TPSA) is 13.1 Å². The maximum absolute atomic E-state index is 5.66. The zero-order valence-corrected chi connectivity index (χ0v) is 9.68. The molecule has 72 valence electrons. The van der Waals surface area contributed by atoms with Gasteiger partial charge in [0.25, 0.3) is 0 Å². The van der Waals surface area contributed by atoms with Crippen molar-refractivity contribution in [2.45, 2.75) is 5.88 Å². The first kappa shape index (κ1) is 9.81. The molecule has 14 heavy (non-hydrogen) atoms. The van der Waals surface area contributed by atoms with Gasteiger partial charge in [0.1, 0.15) is 11.5 Å². The minimum absolute atomic E-state index is 0.411. The van der Waals surface area contributed by atoms with Crippen molar-refractivity contribution in [3.05, 3.63) is 46.6 Å². The van der Waals surface area contributed by atoms with Crippen molar-refractivity contribution in [3.8, 4) is 11.3 Å². The van der Waals surface area contributed by atoms with Gasteiger partial charge < -0.3 is 4.42 Å². The Bertz CT molecular complexity index is 436. The third kappa shape index (κ3) is 2.02. The number of rotatable bonds is 2. The van der Waals surface area contributed by atoms with Crippen LogP contribution in [0.3, 0.4) is 0 Å². The van der Waals surface area contributed by atoms with E-state index in [1.807, 2.05) is 36.4 Å². The highest BCUT2D eigenvalue weighted by Crippen LogP contribution is 2.25. The lowest BCUT2D eigenvalue weighted by molar-refractivity contribution is 0.543. The van der Waals surface area contributed by atoms with Gasteiger partial charge in [-0.15, -0.1) is 11.6 Å². The van der Waals surface area contributed by atoms with Gasteiger partial charge in [-0.3, -0.25) is 0 Å². The van der Waals surface area contributed by atoms with Gasteiger partial charge in [0, 0.05) is 10.0 Å². The number of hydrogen-bond acceptors (Lipinski definition) is 1. The first-order chi connectivity index (χ1) is 6.79. The summed E-state index contributed by atoms with van der Waals surface area (Å²) in [5, 5.41) is 0. The molecule has 0 aliphatic heterocycles. The highest BCUT2D eigenvalue weighted by molar-refractivity contribution is 9.10. The molecule has 0 spiro atoms. The summed E-state index contributed by atoms with van der Waals surface area (Å²) in [5.41, 5.74) is 1.05. The van der Waals surface area contributed by atoms with Crippen LogP contribution in [0.5, 0.6) is 0 Å². The van der Waals surface area contributed by atoms with Crippen LogP contribution in [0.4, 0.5) is 0 Å². The van der Waals surface area contributed by atoms with Crippen LogP contribution >= 0.6 is 27.5 Å². The summed E-state index contributed by atoms with van der Waals surface area (Å²) >= 11 is 9.07. The molecule has 2 rings (SSSR count). The molecule has 1 heterocycles. The first-order valence-corrected chi connectivity index (χ1v) is 5.53. The summed E-state index contributed by atoms with van der Waals surface area (Å²) < 4.78 is 6.56. The third-order valence-corrected chi connectivity index (χ3v) is 2.66. The molecule has 0 saturated carbocycles. The van der Waals surface area contributed by atoms with Gasteiger partial charge in [0.05, 0.1) is 5.88 Å². The SMILES string of the molecule is ClCc1ccc(-c2cccc(Br)c2)o1. The van der Waals surface area contributed by atoms with E-state index in [4.69, 9.17) is 16.0 Å². The third-order valence-electron chi connectivity index (χ3n) is 1.90. The Kier molecular flexibility index (Phi) is 2.94. The molecule has 0 fully saturated rings. The Hall–Kier alpha value is -0.730. The summed E-state index contributed by atoms with van der Waals surface area (Å²) in [6, 6.07) is 11.8. The standard InChI is InChI=1S/C11H8BrClO/c12-9-3-1-2-8(6-9)11-5-4-10(7-13)14-11/h1-6H,7H2. The van der Waals surface area contributed by atoms with Crippen LogP contribution in [0, 0.1) is 0 Å². The van der Waals surface area contributed by atoms with Crippen LogP contribution in [0.15, 0.2) is 45.3 Å². The summed E-state index contributed by atoms with van der Waals surface area (Å²) in [4.78, 5) is 0. The van der Waals surface area contributed by atoms with Crippen molar-refractivity contribution in [1.29, 1.82) is 0 Å².